The zero-order chi connectivity index (χ0) is 22.2. The van der Waals surface area contributed by atoms with Gasteiger partial charge in [0.25, 0.3) is 10.0 Å². The van der Waals surface area contributed by atoms with E-state index < -0.39 is 28.0 Å². The Hall–Kier alpha value is -2.94. The van der Waals surface area contributed by atoms with Crippen LogP contribution in [0, 0.1) is 6.92 Å². The van der Waals surface area contributed by atoms with Gasteiger partial charge in [-0.1, -0.05) is 55.0 Å². The SMILES string of the molecule is Cc1ccc(-c2ccc(S(=O)(=O)N[C@H](C(=O)O)C(C)c3c[nH]c4ccccc34)s2)cc1. The van der Waals surface area contributed by atoms with Gasteiger partial charge in [0.05, 0.1) is 0 Å². The molecule has 2 atom stereocenters. The van der Waals surface area contributed by atoms with E-state index in [9.17, 15) is 18.3 Å². The van der Waals surface area contributed by atoms with E-state index in [1.54, 1.807) is 19.2 Å². The summed E-state index contributed by atoms with van der Waals surface area (Å²) in [5.74, 6) is -1.81. The van der Waals surface area contributed by atoms with Gasteiger partial charge in [-0.05, 0) is 36.2 Å². The number of hydrogen-bond donors (Lipinski definition) is 3. The Balaban J connectivity index is 1.62. The van der Waals surface area contributed by atoms with Crippen LogP contribution in [0.3, 0.4) is 0 Å². The van der Waals surface area contributed by atoms with Gasteiger partial charge < -0.3 is 10.1 Å². The van der Waals surface area contributed by atoms with Crippen LogP contribution in [0.5, 0.6) is 0 Å². The number of benzene rings is 2. The summed E-state index contributed by atoms with van der Waals surface area (Å²) < 4.78 is 28.5. The van der Waals surface area contributed by atoms with E-state index in [4.69, 9.17) is 0 Å². The number of sulfonamides is 1. The quantitative estimate of drug-likeness (QED) is 0.376. The molecular formula is C23H22N2O4S2. The van der Waals surface area contributed by atoms with E-state index in [0.717, 1.165) is 43.8 Å². The molecule has 0 bridgehead atoms. The van der Waals surface area contributed by atoms with Gasteiger partial charge in [-0.25, -0.2) is 8.42 Å². The summed E-state index contributed by atoms with van der Waals surface area (Å²) in [5.41, 5.74) is 3.65. The summed E-state index contributed by atoms with van der Waals surface area (Å²) in [4.78, 5) is 15.9. The number of aromatic nitrogens is 1. The van der Waals surface area contributed by atoms with Crippen LogP contribution in [-0.4, -0.2) is 30.5 Å². The van der Waals surface area contributed by atoms with E-state index in [1.165, 1.54) is 6.07 Å². The molecule has 0 radical (unpaired) electrons. The maximum Gasteiger partial charge on any atom is 0.322 e. The van der Waals surface area contributed by atoms with E-state index >= 15 is 0 Å². The van der Waals surface area contributed by atoms with Crippen molar-refractivity contribution in [3.05, 3.63) is 78.0 Å². The average Bonchev–Trinajstić information content (AvgIpc) is 3.40. The summed E-state index contributed by atoms with van der Waals surface area (Å²) in [6.07, 6.45) is 1.74. The number of carboxylic acid groups (broad SMARTS) is 1. The summed E-state index contributed by atoms with van der Waals surface area (Å²) in [7, 11) is -4.01. The molecule has 8 heteroatoms. The van der Waals surface area contributed by atoms with E-state index in [0.29, 0.717) is 0 Å². The fourth-order valence-electron chi connectivity index (χ4n) is 3.58. The number of aromatic amines is 1. The zero-order valence-corrected chi connectivity index (χ0v) is 18.6. The number of H-pyrrole nitrogens is 1. The molecule has 0 aliphatic heterocycles. The van der Waals surface area contributed by atoms with Crippen LogP contribution in [0.2, 0.25) is 0 Å². The highest BCUT2D eigenvalue weighted by atomic mass is 32.2. The highest BCUT2D eigenvalue weighted by Gasteiger charge is 2.33. The molecule has 4 rings (SSSR count). The Morgan fingerprint density at radius 3 is 2.48 bits per heavy atom. The van der Waals surface area contributed by atoms with Gasteiger partial charge >= 0.3 is 5.97 Å². The Bertz CT molecular complexity index is 1340. The number of thiophene rings is 1. The number of nitrogens with one attached hydrogen (secondary N) is 2. The zero-order valence-electron chi connectivity index (χ0n) is 17.0. The van der Waals surface area contributed by atoms with Crippen molar-refractivity contribution in [3.8, 4) is 10.4 Å². The number of fused-ring (bicyclic) bond motifs is 1. The standard InChI is InChI=1S/C23H22N2O4S2/c1-14-7-9-16(10-8-14)20-11-12-21(30-20)31(28,29)25-22(23(26)27)15(2)18-13-24-19-6-4-3-5-17(18)19/h3-13,15,22,24-25H,1-2H3,(H,26,27)/t15?,22-/m0/s1. The third kappa shape index (κ3) is 4.27. The first-order chi connectivity index (χ1) is 14.8. The molecule has 160 valence electrons. The molecule has 0 amide bonds. The molecule has 6 nitrogen and oxygen atoms in total. The Labute approximate surface area is 184 Å². The molecule has 3 N–H and O–H groups in total. The molecule has 2 aromatic heterocycles. The number of rotatable bonds is 7. The second-order valence-corrected chi connectivity index (χ2v) is 10.5. The molecule has 1 unspecified atom stereocenters. The number of hydrogen-bond acceptors (Lipinski definition) is 4. The Kier molecular flexibility index (Phi) is 5.70. The Morgan fingerprint density at radius 2 is 1.77 bits per heavy atom. The summed E-state index contributed by atoms with van der Waals surface area (Å²) >= 11 is 1.11. The van der Waals surface area contributed by atoms with E-state index in [2.05, 4.69) is 9.71 Å². The molecule has 0 aliphatic rings. The first kappa shape index (κ1) is 21.3. The van der Waals surface area contributed by atoms with Crippen LogP contribution in [0.25, 0.3) is 21.3 Å². The van der Waals surface area contributed by atoms with Crippen molar-refractivity contribution in [1.29, 1.82) is 0 Å². The minimum absolute atomic E-state index is 0.0838. The molecule has 4 aromatic rings. The molecule has 0 aliphatic carbocycles. The van der Waals surface area contributed by atoms with Crippen LogP contribution >= 0.6 is 11.3 Å². The van der Waals surface area contributed by atoms with Crippen molar-refractivity contribution in [2.75, 3.05) is 0 Å². The monoisotopic (exact) mass is 454 g/mol. The molecule has 31 heavy (non-hydrogen) atoms. The molecule has 2 aromatic carbocycles. The largest absolute Gasteiger partial charge is 0.480 e. The molecule has 0 saturated carbocycles. The number of carbonyl (C=O) groups is 1. The van der Waals surface area contributed by atoms with Crippen molar-refractivity contribution in [2.45, 2.75) is 30.0 Å². The molecular weight excluding hydrogens is 432 g/mol. The first-order valence-electron chi connectivity index (χ1n) is 9.74. The highest BCUT2D eigenvalue weighted by molar-refractivity contribution is 7.91. The predicted octanol–water partition coefficient (Wildman–Crippen LogP) is 4.74. The fraction of sp³-hybridized carbons (Fsp3) is 0.174. The van der Waals surface area contributed by atoms with Crippen molar-refractivity contribution in [2.24, 2.45) is 0 Å². The minimum Gasteiger partial charge on any atom is -0.480 e. The number of aliphatic carboxylic acids is 1. The smallest absolute Gasteiger partial charge is 0.322 e. The van der Waals surface area contributed by atoms with Gasteiger partial charge in [0.1, 0.15) is 10.3 Å². The van der Waals surface area contributed by atoms with Gasteiger partial charge in [-0.3, -0.25) is 4.79 Å². The lowest BCUT2D eigenvalue weighted by Gasteiger charge is -2.21. The van der Waals surface area contributed by atoms with Crippen molar-refractivity contribution >= 4 is 38.2 Å². The molecule has 0 fully saturated rings. The lowest BCUT2D eigenvalue weighted by Crippen LogP contribution is -2.43. The van der Waals surface area contributed by atoms with Crippen LogP contribution in [0.1, 0.15) is 24.0 Å². The van der Waals surface area contributed by atoms with Crippen LogP contribution < -0.4 is 4.72 Å². The molecule has 0 saturated heterocycles. The lowest BCUT2D eigenvalue weighted by molar-refractivity contribution is -0.139. The minimum atomic E-state index is -4.01. The van der Waals surface area contributed by atoms with Gasteiger partial charge in [0, 0.05) is 27.9 Å². The number of carboxylic acids is 1. The summed E-state index contributed by atoms with van der Waals surface area (Å²) in [6, 6.07) is 17.3. The van der Waals surface area contributed by atoms with E-state index in [-0.39, 0.29) is 4.21 Å². The summed E-state index contributed by atoms with van der Waals surface area (Å²) in [6.45, 7) is 3.70. The second-order valence-electron chi connectivity index (χ2n) is 7.50. The maximum absolute atomic E-state index is 13.0. The third-order valence-corrected chi connectivity index (χ3v) is 8.41. The number of aryl methyl sites for hydroxylation is 1. The van der Waals surface area contributed by atoms with Crippen LogP contribution in [0.15, 0.2) is 71.1 Å². The Morgan fingerprint density at radius 1 is 1.06 bits per heavy atom. The van der Waals surface area contributed by atoms with E-state index in [1.807, 2.05) is 55.5 Å². The highest BCUT2D eigenvalue weighted by Crippen LogP contribution is 2.32. The van der Waals surface area contributed by atoms with Crippen molar-refractivity contribution in [3.63, 3.8) is 0 Å². The average molecular weight is 455 g/mol. The topological polar surface area (TPSA) is 99.3 Å². The van der Waals surface area contributed by atoms with Gasteiger partial charge in [-0.2, -0.15) is 4.72 Å². The second kappa shape index (κ2) is 8.30. The van der Waals surface area contributed by atoms with Gasteiger partial charge in [0.2, 0.25) is 0 Å². The van der Waals surface area contributed by atoms with Crippen LogP contribution in [0.4, 0.5) is 0 Å². The fourth-order valence-corrected chi connectivity index (χ4v) is 6.18. The van der Waals surface area contributed by atoms with Crippen molar-refractivity contribution < 1.29 is 18.3 Å². The van der Waals surface area contributed by atoms with Gasteiger partial charge in [0.15, 0.2) is 0 Å². The number of para-hydroxylation sites is 1. The predicted molar refractivity (Wildman–Crippen MR) is 123 cm³/mol. The first-order valence-corrected chi connectivity index (χ1v) is 12.0. The van der Waals surface area contributed by atoms with Crippen LogP contribution in [-0.2, 0) is 14.8 Å². The van der Waals surface area contributed by atoms with Gasteiger partial charge in [-0.15, -0.1) is 11.3 Å². The molecule has 2 heterocycles. The summed E-state index contributed by atoms with van der Waals surface area (Å²) in [5, 5.41) is 10.7. The lowest BCUT2D eigenvalue weighted by atomic mass is 9.93. The third-order valence-electron chi connectivity index (χ3n) is 5.34. The maximum atomic E-state index is 13.0. The normalized spacial score (nSPS) is 13.9. The van der Waals surface area contributed by atoms with Crippen molar-refractivity contribution in [1.82, 2.24) is 9.71 Å². The molecule has 0 spiro atoms.